The van der Waals surface area contributed by atoms with Gasteiger partial charge in [-0.2, -0.15) is 5.26 Å². The van der Waals surface area contributed by atoms with E-state index in [4.69, 9.17) is 9.97 Å². The molecule has 2 heterocycles. The molecule has 6 aromatic carbocycles. The molecule has 4 heteroatoms. The van der Waals surface area contributed by atoms with Crippen molar-refractivity contribution < 1.29 is 0 Å². The van der Waals surface area contributed by atoms with Gasteiger partial charge in [0.05, 0.1) is 34.1 Å². The molecule has 0 spiro atoms. The second-order valence-electron chi connectivity index (χ2n) is 10.6. The van der Waals surface area contributed by atoms with Crippen molar-refractivity contribution >= 4 is 32.6 Å². The molecule has 0 N–H and O–H groups in total. The van der Waals surface area contributed by atoms with E-state index in [0.29, 0.717) is 11.5 Å². The van der Waals surface area contributed by atoms with Gasteiger partial charge in [-0.3, -0.25) is 4.57 Å². The van der Waals surface area contributed by atoms with Crippen molar-refractivity contribution in [2.24, 2.45) is 0 Å². The predicted octanol–water partition coefficient (Wildman–Crippen LogP) is 9.60. The fourth-order valence-corrected chi connectivity index (χ4v) is 5.99. The Bertz CT molecular complexity index is 2350. The maximum absolute atomic E-state index is 9.36. The number of para-hydroxylation sites is 2. The molecular formula is C39H24N4. The van der Waals surface area contributed by atoms with Gasteiger partial charge in [0.2, 0.25) is 5.95 Å². The average Bonchev–Trinajstić information content (AvgIpc) is 3.43. The smallest absolute Gasteiger partial charge is 0.235 e. The third-order valence-electron chi connectivity index (χ3n) is 8.03. The first-order valence-electron chi connectivity index (χ1n) is 14.2. The van der Waals surface area contributed by atoms with Crippen LogP contribution in [-0.2, 0) is 0 Å². The minimum absolute atomic E-state index is 0.617. The van der Waals surface area contributed by atoms with Crippen molar-refractivity contribution in [3.63, 3.8) is 0 Å². The minimum atomic E-state index is 0.617. The maximum atomic E-state index is 9.36. The number of fused-ring (bicyclic) bond motifs is 4. The molecule has 0 saturated carbocycles. The highest BCUT2D eigenvalue weighted by Crippen LogP contribution is 2.38. The van der Waals surface area contributed by atoms with Crippen LogP contribution >= 0.6 is 0 Å². The largest absolute Gasteiger partial charge is 0.277 e. The van der Waals surface area contributed by atoms with Crippen LogP contribution < -0.4 is 0 Å². The molecule has 0 saturated heterocycles. The summed E-state index contributed by atoms with van der Waals surface area (Å²) < 4.78 is 2.21. The lowest BCUT2D eigenvalue weighted by Crippen LogP contribution is -2.04. The molecule has 8 aromatic rings. The summed E-state index contributed by atoms with van der Waals surface area (Å²) in [5.74, 6) is 0.617. The molecular weight excluding hydrogens is 524 g/mol. The van der Waals surface area contributed by atoms with E-state index < -0.39 is 0 Å². The van der Waals surface area contributed by atoms with Gasteiger partial charge in [0.1, 0.15) is 0 Å². The summed E-state index contributed by atoms with van der Waals surface area (Å²) in [6, 6.07) is 52.0. The highest BCUT2D eigenvalue weighted by molar-refractivity contribution is 6.13. The monoisotopic (exact) mass is 548 g/mol. The summed E-state index contributed by atoms with van der Waals surface area (Å²) in [4.78, 5) is 10.5. The van der Waals surface area contributed by atoms with E-state index in [1.807, 2.05) is 42.5 Å². The maximum Gasteiger partial charge on any atom is 0.235 e. The second-order valence-corrected chi connectivity index (χ2v) is 10.6. The zero-order chi connectivity index (χ0) is 28.8. The molecule has 0 aliphatic rings. The molecule has 0 unspecified atom stereocenters. The number of aromatic nitrogens is 3. The van der Waals surface area contributed by atoms with Crippen LogP contribution in [0.1, 0.15) is 5.56 Å². The number of hydrogen-bond acceptors (Lipinski definition) is 3. The molecule has 0 aliphatic carbocycles. The minimum Gasteiger partial charge on any atom is -0.277 e. The third-order valence-corrected chi connectivity index (χ3v) is 8.03. The van der Waals surface area contributed by atoms with Crippen LogP contribution in [0.15, 0.2) is 146 Å². The van der Waals surface area contributed by atoms with Crippen molar-refractivity contribution in [1.82, 2.24) is 14.5 Å². The van der Waals surface area contributed by atoms with Gasteiger partial charge in [0, 0.05) is 27.5 Å². The van der Waals surface area contributed by atoms with Gasteiger partial charge in [-0.15, -0.1) is 0 Å². The lowest BCUT2D eigenvalue weighted by molar-refractivity contribution is 0.996. The molecule has 0 radical (unpaired) electrons. The SMILES string of the molecule is N#Cc1ccc2cc(-c3cc(-c4ccccc4)nc(-n4c5ccccc5c5cccc(-c6ccccc6)c54)n3)ccc2c1. The summed E-state index contributed by atoms with van der Waals surface area (Å²) in [6.45, 7) is 0. The first-order valence-corrected chi connectivity index (χ1v) is 14.2. The predicted molar refractivity (Wildman–Crippen MR) is 175 cm³/mol. The van der Waals surface area contributed by atoms with Crippen LogP contribution in [0, 0.1) is 11.3 Å². The molecule has 0 fully saturated rings. The van der Waals surface area contributed by atoms with Crippen LogP contribution in [0.2, 0.25) is 0 Å². The highest BCUT2D eigenvalue weighted by Gasteiger charge is 2.19. The van der Waals surface area contributed by atoms with Gasteiger partial charge in [-0.05, 0) is 46.7 Å². The number of hydrogen-bond donors (Lipinski definition) is 0. The van der Waals surface area contributed by atoms with E-state index in [-0.39, 0.29) is 0 Å². The number of rotatable bonds is 4. The zero-order valence-corrected chi connectivity index (χ0v) is 23.1. The standard InChI is InChI=1S/C39H24N4/c40-25-26-18-19-30-23-31(21-20-29(30)22-26)36-24-35(28-12-5-2-6-13-28)41-39(42-36)43-37-17-8-7-14-33(37)34-16-9-15-32(38(34)43)27-10-3-1-4-11-27/h1-24H. The number of nitriles is 1. The third kappa shape index (κ3) is 4.23. The number of nitrogens with zero attached hydrogens (tertiary/aromatic N) is 4. The van der Waals surface area contributed by atoms with Gasteiger partial charge in [0.25, 0.3) is 0 Å². The Labute approximate surface area is 248 Å². The Morgan fingerprint density at radius 2 is 1.16 bits per heavy atom. The zero-order valence-electron chi connectivity index (χ0n) is 23.1. The normalized spacial score (nSPS) is 11.2. The van der Waals surface area contributed by atoms with Crippen molar-refractivity contribution in [3.05, 3.63) is 151 Å². The van der Waals surface area contributed by atoms with Gasteiger partial charge in [0.15, 0.2) is 0 Å². The fourth-order valence-electron chi connectivity index (χ4n) is 5.99. The summed E-state index contributed by atoms with van der Waals surface area (Å²) in [7, 11) is 0. The van der Waals surface area contributed by atoms with Crippen LogP contribution in [0.3, 0.4) is 0 Å². The van der Waals surface area contributed by atoms with Crippen LogP contribution in [0.25, 0.3) is 72.2 Å². The molecule has 8 rings (SSSR count). The molecule has 0 amide bonds. The van der Waals surface area contributed by atoms with Crippen molar-refractivity contribution in [2.75, 3.05) is 0 Å². The van der Waals surface area contributed by atoms with E-state index >= 15 is 0 Å². The molecule has 0 bridgehead atoms. The summed E-state index contributed by atoms with van der Waals surface area (Å²) in [5, 5.41) is 13.8. The van der Waals surface area contributed by atoms with E-state index in [2.05, 4.69) is 114 Å². The highest BCUT2D eigenvalue weighted by atomic mass is 15.2. The van der Waals surface area contributed by atoms with Gasteiger partial charge in [-0.25, -0.2) is 9.97 Å². The lowest BCUT2D eigenvalue weighted by Gasteiger charge is -2.14. The first-order chi connectivity index (χ1) is 21.3. The van der Waals surface area contributed by atoms with Crippen molar-refractivity contribution in [3.8, 4) is 45.7 Å². The Balaban J connectivity index is 1.44. The Morgan fingerprint density at radius 3 is 1.95 bits per heavy atom. The van der Waals surface area contributed by atoms with Gasteiger partial charge in [-0.1, -0.05) is 115 Å². The first kappa shape index (κ1) is 24.7. The Kier molecular flexibility index (Phi) is 5.80. The van der Waals surface area contributed by atoms with Crippen molar-refractivity contribution in [1.29, 1.82) is 5.26 Å². The van der Waals surface area contributed by atoms with Crippen LogP contribution in [0.5, 0.6) is 0 Å². The van der Waals surface area contributed by atoms with Crippen LogP contribution in [0.4, 0.5) is 0 Å². The molecule has 0 atom stereocenters. The van der Waals surface area contributed by atoms with E-state index in [0.717, 1.165) is 66.2 Å². The fraction of sp³-hybridized carbons (Fsp3) is 0. The van der Waals surface area contributed by atoms with Crippen LogP contribution in [-0.4, -0.2) is 14.5 Å². The van der Waals surface area contributed by atoms with E-state index in [9.17, 15) is 5.26 Å². The molecule has 43 heavy (non-hydrogen) atoms. The summed E-state index contributed by atoms with van der Waals surface area (Å²) in [6.07, 6.45) is 0. The Hall–Kier alpha value is -6.05. The molecule has 4 nitrogen and oxygen atoms in total. The lowest BCUT2D eigenvalue weighted by atomic mass is 10.0. The molecule has 200 valence electrons. The van der Waals surface area contributed by atoms with Gasteiger partial charge >= 0.3 is 0 Å². The quantitative estimate of drug-likeness (QED) is 0.220. The van der Waals surface area contributed by atoms with Crippen molar-refractivity contribution in [2.45, 2.75) is 0 Å². The summed E-state index contributed by atoms with van der Waals surface area (Å²) in [5.41, 5.74) is 8.75. The van der Waals surface area contributed by atoms with Gasteiger partial charge < -0.3 is 0 Å². The second kappa shape index (κ2) is 10.1. The topological polar surface area (TPSA) is 54.5 Å². The Morgan fingerprint density at radius 1 is 0.512 bits per heavy atom. The van der Waals surface area contributed by atoms with E-state index in [1.165, 1.54) is 0 Å². The number of benzene rings is 6. The van der Waals surface area contributed by atoms with E-state index in [1.54, 1.807) is 0 Å². The molecule has 2 aromatic heterocycles. The molecule has 0 aliphatic heterocycles. The summed E-state index contributed by atoms with van der Waals surface area (Å²) >= 11 is 0. The average molecular weight is 549 g/mol.